The molecule has 0 fully saturated rings. The largest absolute Gasteiger partial charge is 0.480 e. The second kappa shape index (κ2) is 7.03. The first-order valence-corrected chi connectivity index (χ1v) is 8.09. The summed E-state index contributed by atoms with van der Waals surface area (Å²) >= 11 is 0. The first-order valence-electron chi connectivity index (χ1n) is 6.44. The Kier molecular flexibility index (Phi) is 6.63. The first kappa shape index (κ1) is 18.9. The minimum Gasteiger partial charge on any atom is -0.480 e. The lowest BCUT2D eigenvalue weighted by Gasteiger charge is -2.36. The van der Waals surface area contributed by atoms with Crippen LogP contribution in [0.4, 0.5) is 0 Å². The average molecular weight is 308 g/mol. The molecule has 0 saturated carbocycles. The van der Waals surface area contributed by atoms with Gasteiger partial charge in [-0.3, -0.25) is 9.59 Å². The van der Waals surface area contributed by atoms with E-state index in [-0.39, 0.29) is 5.75 Å². The zero-order chi connectivity index (χ0) is 16.1. The van der Waals surface area contributed by atoms with Crippen molar-refractivity contribution in [3.8, 4) is 0 Å². The zero-order valence-corrected chi connectivity index (χ0v) is 13.5. The van der Waals surface area contributed by atoms with Gasteiger partial charge in [-0.15, -0.1) is 0 Å². The van der Waals surface area contributed by atoms with E-state index in [9.17, 15) is 18.0 Å². The van der Waals surface area contributed by atoms with Gasteiger partial charge in [0.1, 0.15) is 6.54 Å². The minimum absolute atomic E-state index is 0.0704. The highest BCUT2D eigenvalue weighted by atomic mass is 32.2. The van der Waals surface area contributed by atoms with Crippen LogP contribution in [0.15, 0.2) is 0 Å². The van der Waals surface area contributed by atoms with E-state index in [1.807, 2.05) is 0 Å². The Balaban J connectivity index is 5.04. The quantitative estimate of drug-likeness (QED) is 0.709. The van der Waals surface area contributed by atoms with Crippen LogP contribution < -0.4 is 4.72 Å². The monoisotopic (exact) mass is 308 g/mol. The maximum absolute atomic E-state index is 12.2. The topological polar surface area (TPSA) is 104 Å². The maximum atomic E-state index is 12.2. The van der Waals surface area contributed by atoms with Crippen LogP contribution >= 0.6 is 0 Å². The first-order chi connectivity index (χ1) is 8.90. The van der Waals surface area contributed by atoms with Crippen LogP contribution in [0.3, 0.4) is 0 Å². The number of nitrogens with zero attached hydrogens (tertiary/aromatic N) is 1. The van der Waals surface area contributed by atoms with E-state index in [1.54, 1.807) is 27.7 Å². The van der Waals surface area contributed by atoms with Crippen molar-refractivity contribution in [1.82, 2.24) is 9.62 Å². The van der Waals surface area contributed by atoms with E-state index >= 15 is 0 Å². The molecule has 0 heterocycles. The predicted octanol–water partition coefficient (Wildman–Crippen LogP) is 0.416. The van der Waals surface area contributed by atoms with Crippen LogP contribution in [0, 0.1) is 0 Å². The number of hydrogen-bond acceptors (Lipinski definition) is 4. The van der Waals surface area contributed by atoms with E-state index < -0.39 is 40.0 Å². The summed E-state index contributed by atoms with van der Waals surface area (Å²) in [7, 11) is -3.53. The van der Waals surface area contributed by atoms with Gasteiger partial charge in [0.25, 0.3) is 0 Å². The maximum Gasteiger partial charge on any atom is 0.323 e. The van der Waals surface area contributed by atoms with E-state index in [0.29, 0.717) is 6.42 Å². The number of aliphatic carboxylic acids is 1. The molecule has 0 aliphatic rings. The number of carboxylic acids is 1. The van der Waals surface area contributed by atoms with Gasteiger partial charge in [0.15, 0.2) is 0 Å². The lowest BCUT2D eigenvalue weighted by Crippen LogP contribution is -2.55. The molecule has 0 aromatic rings. The zero-order valence-electron chi connectivity index (χ0n) is 12.6. The summed E-state index contributed by atoms with van der Waals surface area (Å²) in [5.74, 6) is -1.77. The summed E-state index contributed by atoms with van der Waals surface area (Å²) in [4.78, 5) is 24.2. The van der Waals surface area contributed by atoms with Gasteiger partial charge in [-0.25, -0.2) is 13.1 Å². The third-order valence-corrected chi connectivity index (χ3v) is 4.23. The summed E-state index contributed by atoms with van der Waals surface area (Å²) in [6, 6.07) is -0.995. The predicted molar refractivity (Wildman–Crippen MR) is 75.8 cm³/mol. The van der Waals surface area contributed by atoms with Gasteiger partial charge in [-0.2, -0.15) is 0 Å². The second-order valence-electron chi connectivity index (χ2n) is 5.65. The molecular formula is C12H24N2O5S. The minimum atomic E-state index is -3.53. The number of carboxylic acid groups (broad SMARTS) is 1. The van der Waals surface area contributed by atoms with Crippen molar-refractivity contribution in [2.45, 2.75) is 52.6 Å². The number of amides is 1. The fourth-order valence-corrected chi connectivity index (χ4v) is 2.96. The number of nitrogens with one attached hydrogen (secondary N) is 1. The molecule has 1 atom stereocenters. The van der Waals surface area contributed by atoms with Gasteiger partial charge in [-0.1, -0.05) is 6.92 Å². The standard InChI is InChI=1S/C12H24N2O5S/c1-6-7-20(18,19)13-9(2)11(17)14(8-10(15)16)12(3,4)5/h9,13H,6-8H2,1-5H3,(H,15,16). The van der Waals surface area contributed by atoms with Crippen molar-refractivity contribution in [3.63, 3.8) is 0 Å². The van der Waals surface area contributed by atoms with Crippen LogP contribution in [-0.2, 0) is 19.6 Å². The van der Waals surface area contributed by atoms with Crippen molar-refractivity contribution in [2.24, 2.45) is 0 Å². The van der Waals surface area contributed by atoms with Crippen LogP contribution in [0.25, 0.3) is 0 Å². The number of carbonyl (C=O) groups is 2. The van der Waals surface area contributed by atoms with Gasteiger partial charge < -0.3 is 10.0 Å². The molecule has 0 spiro atoms. The Labute approximate surface area is 120 Å². The normalized spacial score (nSPS) is 13.8. The molecule has 2 N–H and O–H groups in total. The highest BCUT2D eigenvalue weighted by Gasteiger charge is 2.32. The Hall–Kier alpha value is -1.15. The molecule has 1 unspecified atom stereocenters. The molecule has 0 radical (unpaired) electrons. The molecule has 0 aliphatic carbocycles. The summed E-state index contributed by atoms with van der Waals surface area (Å²) in [5.41, 5.74) is -0.708. The third-order valence-electron chi connectivity index (χ3n) is 2.57. The van der Waals surface area contributed by atoms with E-state index in [2.05, 4.69) is 4.72 Å². The number of sulfonamides is 1. The Morgan fingerprint density at radius 3 is 2.15 bits per heavy atom. The van der Waals surface area contributed by atoms with Crippen LogP contribution in [0.1, 0.15) is 41.0 Å². The number of rotatable bonds is 7. The molecule has 1 amide bonds. The number of carbonyl (C=O) groups excluding carboxylic acids is 1. The molecule has 0 saturated heterocycles. The van der Waals surface area contributed by atoms with Crippen LogP contribution in [0.2, 0.25) is 0 Å². The van der Waals surface area contributed by atoms with Gasteiger partial charge in [0.05, 0.1) is 11.8 Å². The molecule has 0 aromatic heterocycles. The van der Waals surface area contributed by atoms with Crippen molar-refractivity contribution < 1.29 is 23.1 Å². The summed E-state index contributed by atoms with van der Waals surface area (Å²) in [6.07, 6.45) is 0.439. The molecule has 7 nitrogen and oxygen atoms in total. The molecule has 118 valence electrons. The molecule has 0 aromatic carbocycles. The summed E-state index contributed by atoms with van der Waals surface area (Å²) in [6.45, 7) is 7.75. The average Bonchev–Trinajstić information content (AvgIpc) is 2.22. The van der Waals surface area contributed by atoms with Crippen molar-refractivity contribution >= 4 is 21.9 Å². The number of hydrogen-bond donors (Lipinski definition) is 2. The smallest absolute Gasteiger partial charge is 0.323 e. The highest BCUT2D eigenvalue weighted by Crippen LogP contribution is 2.14. The Morgan fingerprint density at radius 2 is 1.80 bits per heavy atom. The van der Waals surface area contributed by atoms with Gasteiger partial charge in [0, 0.05) is 5.54 Å². The lowest BCUT2D eigenvalue weighted by molar-refractivity contribution is -0.148. The van der Waals surface area contributed by atoms with Crippen molar-refractivity contribution in [2.75, 3.05) is 12.3 Å². The lowest BCUT2D eigenvalue weighted by atomic mass is 10.0. The molecule has 0 rings (SSSR count). The molecular weight excluding hydrogens is 284 g/mol. The fraction of sp³-hybridized carbons (Fsp3) is 0.833. The van der Waals surface area contributed by atoms with E-state index in [1.165, 1.54) is 6.92 Å². The molecule has 8 heteroatoms. The molecule has 20 heavy (non-hydrogen) atoms. The van der Waals surface area contributed by atoms with Crippen molar-refractivity contribution in [1.29, 1.82) is 0 Å². The summed E-state index contributed by atoms with van der Waals surface area (Å²) < 4.78 is 25.6. The second-order valence-corrected chi connectivity index (χ2v) is 7.52. The Bertz CT molecular complexity index is 453. The van der Waals surface area contributed by atoms with E-state index in [4.69, 9.17) is 5.11 Å². The van der Waals surface area contributed by atoms with Gasteiger partial charge in [-0.05, 0) is 34.1 Å². The van der Waals surface area contributed by atoms with E-state index in [0.717, 1.165) is 4.90 Å². The summed E-state index contributed by atoms with van der Waals surface area (Å²) in [5, 5.41) is 8.86. The van der Waals surface area contributed by atoms with Crippen molar-refractivity contribution in [3.05, 3.63) is 0 Å². The highest BCUT2D eigenvalue weighted by molar-refractivity contribution is 7.89. The molecule has 0 bridgehead atoms. The van der Waals surface area contributed by atoms with Gasteiger partial charge >= 0.3 is 5.97 Å². The molecule has 0 aliphatic heterocycles. The SMILES string of the molecule is CCCS(=O)(=O)NC(C)C(=O)N(CC(=O)O)C(C)(C)C. The van der Waals surface area contributed by atoms with Gasteiger partial charge in [0.2, 0.25) is 15.9 Å². The fourth-order valence-electron chi connectivity index (χ4n) is 1.66. The van der Waals surface area contributed by atoms with Crippen LogP contribution in [0.5, 0.6) is 0 Å². The van der Waals surface area contributed by atoms with Crippen LogP contribution in [-0.4, -0.2) is 54.2 Å². The third kappa shape index (κ3) is 6.33. The Morgan fingerprint density at radius 1 is 1.30 bits per heavy atom.